The summed E-state index contributed by atoms with van der Waals surface area (Å²) in [6, 6.07) is 2.81. The fourth-order valence-electron chi connectivity index (χ4n) is 1.40. The van der Waals surface area contributed by atoms with Crippen molar-refractivity contribution in [2.45, 2.75) is 13.0 Å². The number of hydrogen-bond acceptors (Lipinski definition) is 5. The zero-order valence-electron chi connectivity index (χ0n) is 10.5. The Morgan fingerprint density at radius 2 is 1.89 bits per heavy atom. The van der Waals surface area contributed by atoms with Gasteiger partial charge in [-0.1, -0.05) is 6.07 Å². The molecule has 0 aromatic heterocycles. The van der Waals surface area contributed by atoms with Gasteiger partial charge in [-0.3, -0.25) is 4.79 Å². The molecule has 18 heavy (non-hydrogen) atoms. The summed E-state index contributed by atoms with van der Waals surface area (Å²) in [5.41, 5.74) is 0.461. The first-order chi connectivity index (χ1) is 8.43. The third-order valence-electron chi connectivity index (χ3n) is 2.54. The predicted octanol–water partition coefficient (Wildman–Crippen LogP) is 0.371. The van der Waals surface area contributed by atoms with Gasteiger partial charge in [0, 0.05) is 39.2 Å². The van der Waals surface area contributed by atoms with Gasteiger partial charge in [-0.15, -0.1) is 0 Å². The normalized spacial score (nSPS) is 10.3. The maximum Gasteiger partial charge on any atom is 0.223 e. The number of phenolic OH excluding ortho intramolecular Hbond substituents is 3. The van der Waals surface area contributed by atoms with E-state index in [0.29, 0.717) is 25.1 Å². The minimum atomic E-state index is -0.529. The van der Waals surface area contributed by atoms with Crippen molar-refractivity contribution >= 4 is 5.91 Å². The number of rotatable bonds is 5. The smallest absolute Gasteiger partial charge is 0.223 e. The number of aromatic hydroxyl groups is 3. The van der Waals surface area contributed by atoms with E-state index in [-0.39, 0.29) is 17.4 Å². The van der Waals surface area contributed by atoms with Gasteiger partial charge in [0.15, 0.2) is 11.5 Å². The van der Waals surface area contributed by atoms with E-state index >= 15 is 0 Å². The van der Waals surface area contributed by atoms with E-state index < -0.39 is 5.75 Å². The van der Waals surface area contributed by atoms with Crippen molar-refractivity contribution in [1.82, 2.24) is 10.2 Å². The van der Waals surface area contributed by atoms with E-state index in [1.165, 1.54) is 17.0 Å². The lowest BCUT2D eigenvalue weighted by Gasteiger charge is -2.11. The van der Waals surface area contributed by atoms with Gasteiger partial charge < -0.3 is 25.5 Å². The van der Waals surface area contributed by atoms with Crippen molar-refractivity contribution in [3.05, 3.63) is 17.7 Å². The molecule has 6 heteroatoms. The molecule has 0 unspecified atom stereocenters. The average molecular weight is 254 g/mol. The molecule has 0 atom stereocenters. The molecule has 100 valence electrons. The first-order valence-electron chi connectivity index (χ1n) is 5.57. The van der Waals surface area contributed by atoms with Crippen LogP contribution in [0, 0.1) is 0 Å². The Bertz CT molecular complexity index is 432. The third-order valence-corrected chi connectivity index (χ3v) is 2.54. The Labute approximate surface area is 105 Å². The van der Waals surface area contributed by atoms with Gasteiger partial charge in [-0.05, 0) is 6.07 Å². The number of nitrogens with zero attached hydrogens (tertiary/aromatic N) is 1. The molecular formula is C12H18N2O4. The van der Waals surface area contributed by atoms with Gasteiger partial charge in [-0.25, -0.2) is 0 Å². The van der Waals surface area contributed by atoms with Crippen molar-refractivity contribution < 1.29 is 20.1 Å². The SMILES string of the molecule is CN(C)C(=O)CCNCc1ccc(O)c(O)c1O. The number of carbonyl (C=O) groups excluding carboxylic acids is 1. The molecule has 0 aliphatic carbocycles. The summed E-state index contributed by atoms with van der Waals surface area (Å²) in [4.78, 5) is 12.8. The molecule has 4 N–H and O–H groups in total. The fraction of sp³-hybridized carbons (Fsp3) is 0.417. The quantitative estimate of drug-likeness (QED) is 0.450. The summed E-state index contributed by atoms with van der Waals surface area (Å²) in [5.74, 6) is -1.22. The Hall–Kier alpha value is -1.95. The first-order valence-corrected chi connectivity index (χ1v) is 5.57. The molecule has 0 aliphatic heterocycles. The zero-order chi connectivity index (χ0) is 13.7. The van der Waals surface area contributed by atoms with Crippen LogP contribution in [-0.2, 0) is 11.3 Å². The summed E-state index contributed by atoms with van der Waals surface area (Å²) >= 11 is 0. The van der Waals surface area contributed by atoms with Crippen LogP contribution >= 0.6 is 0 Å². The summed E-state index contributed by atoms with van der Waals surface area (Å²) in [7, 11) is 3.37. The monoisotopic (exact) mass is 254 g/mol. The number of phenols is 3. The Balaban J connectivity index is 2.45. The largest absolute Gasteiger partial charge is 0.504 e. The van der Waals surface area contributed by atoms with Gasteiger partial charge in [0.1, 0.15) is 0 Å². The summed E-state index contributed by atoms with van der Waals surface area (Å²) in [5, 5.41) is 31.0. The number of hydrogen-bond donors (Lipinski definition) is 4. The number of carbonyl (C=O) groups is 1. The lowest BCUT2D eigenvalue weighted by Crippen LogP contribution is -2.26. The van der Waals surface area contributed by atoms with Crippen LogP contribution in [0.15, 0.2) is 12.1 Å². The van der Waals surface area contributed by atoms with Gasteiger partial charge in [0.2, 0.25) is 11.7 Å². The van der Waals surface area contributed by atoms with Crippen LogP contribution in [0.2, 0.25) is 0 Å². The van der Waals surface area contributed by atoms with Crippen LogP contribution in [0.3, 0.4) is 0 Å². The number of benzene rings is 1. The van der Waals surface area contributed by atoms with E-state index in [0.717, 1.165) is 0 Å². The van der Waals surface area contributed by atoms with Gasteiger partial charge >= 0.3 is 0 Å². The number of nitrogens with one attached hydrogen (secondary N) is 1. The highest BCUT2D eigenvalue weighted by molar-refractivity contribution is 5.75. The van der Waals surface area contributed by atoms with Crippen LogP contribution in [-0.4, -0.2) is 46.8 Å². The van der Waals surface area contributed by atoms with Crippen molar-refractivity contribution in [3.8, 4) is 17.2 Å². The molecule has 1 rings (SSSR count). The number of amides is 1. The standard InChI is InChI=1S/C12H18N2O4/c1-14(2)10(16)5-6-13-7-8-3-4-9(15)12(18)11(8)17/h3-4,13,15,17-18H,5-7H2,1-2H3. The van der Waals surface area contributed by atoms with Crippen molar-refractivity contribution in [3.63, 3.8) is 0 Å². The minimum absolute atomic E-state index is 0.0141. The van der Waals surface area contributed by atoms with Crippen molar-refractivity contribution in [1.29, 1.82) is 0 Å². The molecular weight excluding hydrogens is 236 g/mol. The maximum absolute atomic E-state index is 11.3. The Morgan fingerprint density at radius 3 is 2.50 bits per heavy atom. The first kappa shape index (κ1) is 14.1. The second-order valence-electron chi connectivity index (χ2n) is 4.16. The van der Waals surface area contributed by atoms with Crippen molar-refractivity contribution in [2.75, 3.05) is 20.6 Å². The van der Waals surface area contributed by atoms with Gasteiger partial charge in [0.05, 0.1) is 0 Å². The molecule has 0 fully saturated rings. The van der Waals surface area contributed by atoms with Crippen LogP contribution < -0.4 is 5.32 Å². The molecule has 6 nitrogen and oxygen atoms in total. The second kappa shape index (κ2) is 6.11. The summed E-state index contributed by atoms with van der Waals surface area (Å²) < 4.78 is 0. The van der Waals surface area contributed by atoms with E-state index in [9.17, 15) is 15.0 Å². The Kier molecular flexibility index (Phi) is 4.79. The molecule has 1 aromatic carbocycles. The lowest BCUT2D eigenvalue weighted by atomic mass is 10.1. The van der Waals surface area contributed by atoms with Crippen LogP contribution in [0.1, 0.15) is 12.0 Å². The Morgan fingerprint density at radius 1 is 1.22 bits per heavy atom. The van der Waals surface area contributed by atoms with E-state index in [2.05, 4.69) is 5.32 Å². The predicted molar refractivity (Wildman–Crippen MR) is 66.5 cm³/mol. The highest BCUT2D eigenvalue weighted by Gasteiger charge is 2.10. The maximum atomic E-state index is 11.3. The highest BCUT2D eigenvalue weighted by atomic mass is 16.3. The van der Waals surface area contributed by atoms with Crippen LogP contribution in [0.4, 0.5) is 0 Å². The highest BCUT2D eigenvalue weighted by Crippen LogP contribution is 2.36. The third kappa shape index (κ3) is 3.53. The van der Waals surface area contributed by atoms with Gasteiger partial charge in [-0.2, -0.15) is 0 Å². The van der Waals surface area contributed by atoms with Crippen LogP contribution in [0.25, 0.3) is 0 Å². The fourth-order valence-corrected chi connectivity index (χ4v) is 1.40. The van der Waals surface area contributed by atoms with E-state index in [4.69, 9.17) is 5.11 Å². The van der Waals surface area contributed by atoms with Crippen LogP contribution in [0.5, 0.6) is 17.2 Å². The topological polar surface area (TPSA) is 93.0 Å². The molecule has 0 bridgehead atoms. The zero-order valence-corrected chi connectivity index (χ0v) is 10.5. The molecule has 0 spiro atoms. The molecule has 0 saturated heterocycles. The molecule has 0 radical (unpaired) electrons. The van der Waals surface area contributed by atoms with Gasteiger partial charge in [0.25, 0.3) is 0 Å². The lowest BCUT2D eigenvalue weighted by molar-refractivity contribution is -0.128. The van der Waals surface area contributed by atoms with E-state index in [1.807, 2.05) is 0 Å². The molecule has 0 heterocycles. The average Bonchev–Trinajstić information content (AvgIpc) is 2.33. The molecule has 0 aliphatic rings. The summed E-state index contributed by atoms with van der Waals surface area (Å²) in [6.07, 6.45) is 0.359. The molecule has 0 saturated carbocycles. The van der Waals surface area contributed by atoms with Crippen molar-refractivity contribution in [2.24, 2.45) is 0 Å². The minimum Gasteiger partial charge on any atom is -0.504 e. The second-order valence-corrected chi connectivity index (χ2v) is 4.16. The van der Waals surface area contributed by atoms with E-state index in [1.54, 1.807) is 14.1 Å². The summed E-state index contributed by atoms with van der Waals surface area (Å²) in [6.45, 7) is 0.776. The molecule has 1 aromatic rings. The molecule has 1 amide bonds.